The maximum Gasteiger partial charge on any atom is 0.228 e. The Kier molecular flexibility index (Phi) is 4.15. The zero-order chi connectivity index (χ0) is 17.2. The van der Waals surface area contributed by atoms with E-state index >= 15 is 0 Å². The van der Waals surface area contributed by atoms with Crippen molar-refractivity contribution >= 4 is 17.4 Å². The number of anilines is 1. The van der Waals surface area contributed by atoms with E-state index in [1.807, 2.05) is 35.0 Å². The van der Waals surface area contributed by atoms with Crippen molar-refractivity contribution in [3.63, 3.8) is 0 Å². The second-order valence-electron chi connectivity index (χ2n) is 6.51. The SMILES string of the molecule is CN1CCC(C(=O)Nc2cn3cc(-c4ccnnc4)ccc3n2)CC1. The number of amides is 1. The second-order valence-corrected chi connectivity index (χ2v) is 6.51. The number of likely N-dealkylation sites (tertiary alicyclic amines) is 1. The zero-order valence-corrected chi connectivity index (χ0v) is 14.1. The first-order chi connectivity index (χ1) is 12.2. The Balaban J connectivity index is 1.52. The summed E-state index contributed by atoms with van der Waals surface area (Å²) >= 11 is 0. The van der Waals surface area contributed by atoms with Gasteiger partial charge < -0.3 is 14.6 Å². The van der Waals surface area contributed by atoms with Gasteiger partial charge in [0.05, 0.1) is 18.6 Å². The molecule has 25 heavy (non-hydrogen) atoms. The number of aromatic nitrogens is 4. The van der Waals surface area contributed by atoms with Gasteiger partial charge in [0.1, 0.15) is 5.65 Å². The van der Waals surface area contributed by atoms with Crippen LogP contribution in [0.1, 0.15) is 12.8 Å². The van der Waals surface area contributed by atoms with E-state index in [-0.39, 0.29) is 11.8 Å². The van der Waals surface area contributed by atoms with Crippen molar-refractivity contribution in [2.45, 2.75) is 12.8 Å². The minimum absolute atomic E-state index is 0.0649. The molecular weight excluding hydrogens is 316 g/mol. The van der Waals surface area contributed by atoms with Crippen molar-refractivity contribution in [3.8, 4) is 11.1 Å². The predicted molar refractivity (Wildman–Crippen MR) is 95.1 cm³/mol. The fourth-order valence-corrected chi connectivity index (χ4v) is 3.18. The molecule has 0 bridgehead atoms. The first-order valence-electron chi connectivity index (χ1n) is 8.44. The molecular formula is C18H20N6O. The Bertz CT molecular complexity index is 883. The lowest BCUT2D eigenvalue weighted by molar-refractivity contribution is -0.121. The molecule has 4 rings (SSSR count). The number of nitrogens with zero attached hydrogens (tertiary/aromatic N) is 5. The number of rotatable bonds is 3. The summed E-state index contributed by atoms with van der Waals surface area (Å²) in [4.78, 5) is 19.2. The number of nitrogens with one attached hydrogen (secondary N) is 1. The molecule has 0 saturated carbocycles. The van der Waals surface area contributed by atoms with Crippen molar-refractivity contribution in [1.29, 1.82) is 0 Å². The molecule has 1 aliphatic rings. The third kappa shape index (κ3) is 3.36. The van der Waals surface area contributed by atoms with Gasteiger partial charge in [-0.15, -0.1) is 0 Å². The molecule has 3 aromatic heterocycles. The van der Waals surface area contributed by atoms with Crippen LogP contribution in [0, 0.1) is 5.92 Å². The highest BCUT2D eigenvalue weighted by atomic mass is 16.2. The summed E-state index contributed by atoms with van der Waals surface area (Å²) in [6, 6.07) is 5.83. The van der Waals surface area contributed by atoms with Gasteiger partial charge in [0.25, 0.3) is 0 Å². The van der Waals surface area contributed by atoms with E-state index in [2.05, 4.69) is 32.4 Å². The average Bonchev–Trinajstić information content (AvgIpc) is 3.04. The number of hydrogen-bond acceptors (Lipinski definition) is 5. The third-order valence-electron chi connectivity index (χ3n) is 4.71. The van der Waals surface area contributed by atoms with E-state index < -0.39 is 0 Å². The number of hydrogen-bond donors (Lipinski definition) is 1. The summed E-state index contributed by atoms with van der Waals surface area (Å²) in [5.74, 6) is 0.725. The molecule has 1 amide bonds. The quantitative estimate of drug-likeness (QED) is 0.792. The van der Waals surface area contributed by atoms with Crippen LogP contribution in [0.15, 0.2) is 43.0 Å². The smallest absolute Gasteiger partial charge is 0.228 e. The largest absolute Gasteiger partial charge is 0.309 e. The molecule has 0 atom stereocenters. The Morgan fingerprint density at radius 1 is 1.12 bits per heavy atom. The Morgan fingerprint density at radius 3 is 2.72 bits per heavy atom. The maximum absolute atomic E-state index is 12.4. The topological polar surface area (TPSA) is 75.4 Å². The minimum atomic E-state index is 0.0649. The molecule has 0 spiro atoms. The second kappa shape index (κ2) is 6.60. The van der Waals surface area contributed by atoms with Gasteiger partial charge in [-0.05, 0) is 51.2 Å². The van der Waals surface area contributed by atoms with Crippen LogP contribution in [0.2, 0.25) is 0 Å². The maximum atomic E-state index is 12.4. The van der Waals surface area contributed by atoms with Crippen LogP contribution in [-0.4, -0.2) is 50.5 Å². The van der Waals surface area contributed by atoms with Crippen LogP contribution >= 0.6 is 0 Å². The highest BCUT2D eigenvalue weighted by molar-refractivity contribution is 5.92. The lowest BCUT2D eigenvalue weighted by atomic mass is 9.96. The molecule has 3 aromatic rings. The number of pyridine rings is 1. The van der Waals surface area contributed by atoms with Crippen LogP contribution < -0.4 is 5.32 Å². The summed E-state index contributed by atoms with van der Waals surface area (Å²) < 4.78 is 1.92. The fraction of sp³-hybridized carbons (Fsp3) is 0.333. The average molecular weight is 336 g/mol. The van der Waals surface area contributed by atoms with Crippen molar-refractivity contribution < 1.29 is 4.79 Å². The third-order valence-corrected chi connectivity index (χ3v) is 4.71. The molecule has 0 radical (unpaired) electrons. The standard InChI is InChI=1S/C18H20N6O/c1-23-8-5-13(6-9-23)18(25)22-16-12-24-11-15(2-3-17(24)21-16)14-4-7-19-20-10-14/h2-4,7,10-13H,5-6,8-9H2,1H3,(H,22,25). The molecule has 1 aliphatic heterocycles. The molecule has 4 heterocycles. The van der Waals surface area contributed by atoms with Gasteiger partial charge in [0.2, 0.25) is 5.91 Å². The van der Waals surface area contributed by atoms with E-state index in [1.54, 1.807) is 12.4 Å². The van der Waals surface area contributed by atoms with E-state index in [0.29, 0.717) is 5.82 Å². The predicted octanol–water partition coefficient (Wildman–Crippen LogP) is 2.07. The molecule has 1 N–H and O–H groups in total. The van der Waals surface area contributed by atoms with Crippen LogP contribution in [0.5, 0.6) is 0 Å². The Morgan fingerprint density at radius 2 is 1.96 bits per heavy atom. The first-order valence-corrected chi connectivity index (χ1v) is 8.44. The van der Waals surface area contributed by atoms with Crippen LogP contribution in [0.3, 0.4) is 0 Å². The van der Waals surface area contributed by atoms with Crippen LogP contribution in [0.25, 0.3) is 16.8 Å². The lowest BCUT2D eigenvalue weighted by Crippen LogP contribution is -2.35. The molecule has 1 saturated heterocycles. The Hall–Kier alpha value is -2.80. The number of imidazole rings is 1. The Labute approximate surface area is 145 Å². The van der Waals surface area contributed by atoms with Crippen molar-refractivity contribution in [2.75, 3.05) is 25.5 Å². The molecule has 7 nitrogen and oxygen atoms in total. The molecule has 0 unspecified atom stereocenters. The van der Waals surface area contributed by atoms with Crippen molar-refractivity contribution in [1.82, 2.24) is 24.5 Å². The van der Waals surface area contributed by atoms with Crippen LogP contribution in [-0.2, 0) is 4.79 Å². The van der Waals surface area contributed by atoms with Gasteiger partial charge in [-0.1, -0.05) is 0 Å². The number of piperidine rings is 1. The summed E-state index contributed by atoms with van der Waals surface area (Å²) in [6.45, 7) is 1.93. The normalized spacial score (nSPS) is 16.2. The van der Waals surface area contributed by atoms with Crippen LogP contribution in [0.4, 0.5) is 5.82 Å². The van der Waals surface area contributed by atoms with E-state index in [9.17, 15) is 4.79 Å². The van der Waals surface area contributed by atoms with Crippen molar-refractivity contribution in [2.24, 2.45) is 5.92 Å². The molecule has 1 fully saturated rings. The zero-order valence-electron chi connectivity index (χ0n) is 14.1. The number of carbonyl (C=O) groups excluding carboxylic acids is 1. The van der Waals surface area contributed by atoms with Crippen molar-refractivity contribution in [3.05, 3.63) is 43.0 Å². The number of fused-ring (bicyclic) bond motifs is 1. The minimum Gasteiger partial charge on any atom is -0.309 e. The van der Waals surface area contributed by atoms with Gasteiger partial charge in [-0.2, -0.15) is 10.2 Å². The van der Waals surface area contributed by atoms with E-state index in [0.717, 1.165) is 42.7 Å². The highest BCUT2D eigenvalue weighted by Crippen LogP contribution is 2.21. The van der Waals surface area contributed by atoms with Gasteiger partial charge in [-0.25, -0.2) is 4.98 Å². The number of carbonyl (C=O) groups is 1. The molecule has 0 aliphatic carbocycles. The molecule has 128 valence electrons. The molecule has 0 aromatic carbocycles. The fourth-order valence-electron chi connectivity index (χ4n) is 3.18. The monoisotopic (exact) mass is 336 g/mol. The van der Waals surface area contributed by atoms with Gasteiger partial charge >= 0.3 is 0 Å². The molecule has 7 heteroatoms. The van der Waals surface area contributed by atoms with Gasteiger partial charge in [-0.3, -0.25) is 4.79 Å². The van der Waals surface area contributed by atoms with Gasteiger partial charge in [0, 0.05) is 23.2 Å². The summed E-state index contributed by atoms with van der Waals surface area (Å²) in [5.41, 5.74) is 2.81. The van der Waals surface area contributed by atoms with Gasteiger partial charge in [0.15, 0.2) is 5.82 Å². The summed E-state index contributed by atoms with van der Waals surface area (Å²) in [6.07, 6.45) is 9.01. The van der Waals surface area contributed by atoms with E-state index in [1.165, 1.54) is 0 Å². The summed E-state index contributed by atoms with van der Waals surface area (Å²) in [7, 11) is 2.09. The first kappa shape index (κ1) is 15.7. The lowest BCUT2D eigenvalue weighted by Gasteiger charge is -2.27. The highest BCUT2D eigenvalue weighted by Gasteiger charge is 2.23. The van der Waals surface area contributed by atoms with E-state index in [4.69, 9.17) is 0 Å². The summed E-state index contributed by atoms with van der Waals surface area (Å²) in [5, 5.41) is 10.7.